The molecule has 2 heteroatoms. The molecule has 0 aliphatic carbocycles. The predicted octanol–water partition coefficient (Wildman–Crippen LogP) is 2.68. The van der Waals surface area contributed by atoms with Gasteiger partial charge in [-0.2, -0.15) is 0 Å². The van der Waals surface area contributed by atoms with E-state index in [0.717, 1.165) is 19.1 Å². The van der Waals surface area contributed by atoms with Crippen molar-refractivity contribution in [3.8, 4) is 0 Å². The Kier molecular flexibility index (Phi) is 8.20. The Bertz CT molecular complexity index is 125. The molecule has 0 spiro atoms. The summed E-state index contributed by atoms with van der Waals surface area (Å²) in [5.74, 6) is 1.43. The summed E-state index contributed by atoms with van der Waals surface area (Å²) in [6.45, 7) is 10.9. The summed E-state index contributed by atoms with van der Waals surface area (Å²) < 4.78 is 5.09. The lowest BCUT2D eigenvalue weighted by Crippen LogP contribution is -2.31. The summed E-state index contributed by atoms with van der Waals surface area (Å²) >= 11 is 0. The number of nitrogens with one attached hydrogen (secondary N) is 1. The molecular weight excluding hydrogens is 174 g/mol. The Morgan fingerprint density at radius 3 is 2.21 bits per heavy atom. The molecule has 0 aromatic carbocycles. The van der Waals surface area contributed by atoms with E-state index in [1.807, 2.05) is 0 Å². The fraction of sp³-hybridized carbons (Fsp3) is 1.00. The minimum Gasteiger partial charge on any atom is -0.384 e. The lowest BCUT2D eigenvalue weighted by molar-refractivity contribution is 0.157. The standard InChI is InChI=1S/C12H27NO/c1-10(2)6-7-12(4)13-8-11(3)9-14-5/h10-13H,6-9H2,1-5H3. The molecule has 2 nitrogen and oxygen atoms in total. The Labute approximate surface area is 89.4 Å². The van der Waals surface area contributed by atoms with Crippen LogP contribution in [0.5, 0.6) is 0 Å². The van der Waals surface area contributed by atoms with Crippen molar-refractivity contribution in [1.82, 2.24) is 5.32 Å². The zero-order chi connectivity index (χ0) is 11.0. The first kappa shape index (κ1) is 13.9. The first-order chi connectivity index (χ1) is 6.56. The molecule has 0 aromatic heterocycles. The quantitative estimate of drug-likeness (QED) is 0.652. The molecule has 1 N–H and O–H groups in total. The molecular formula is C12H27NO. The number of rotatable bonds is 8. The van der Waals surface area contributed by atoms with Crippen molar-refractivity contribution >= 4 is 0 Å². The van der Waals surface area contributed by atoms with E-state index in [-0.39, 0.29) is 0 Å². The third-order valence-electron chi connectivity index (χ3n) is 2.44. The van der Waals surface area contributed by atoms with Crippen LogP contribution < -0.4 is 5.32 Å². The van der Waals surface area contributed by atoms with Crippen molar-refractivity contribution in [1.29, 1.82) is 0 Å². The van der Waals surface area contributed by atoms with Crippen LogP contribution in [-0.4, -0.2) is 26.3 Å². The maximum atomic E-state index is 5.09. The van der Waals surface area contributed by atoms with Gasteiger partial charge >= 0.3 is 0 Å². The van der Waals surface area contributed by atoms with Crippen LogP contribution in [0, 0.1) is 11.8 Å². The van der Waals surface area contributed by atoms with Crippen molar-refractivity contribution in [3.05, 3.63) is 0 Å². The first-order valence-corrected chi connectivity index (χ1v) is 5.78. The normalized spacial score (nSPS) is 15.9. The van der Waals surface area contributed by atoms with Gasteiger partial charge in [0.25, 0.3) is 0 Å². The van der Waals surface area contributed by atoms with E-state index in [2.05, 4.69) is 33.0 Å². The van der Waals surface area contributed by atoms with Crippen molar-refractivity contribution in [2.45, 2.75) is 46.6 Å². The fourth-order valence-corrected chi connectivity index (χ4v) is 1.43. The summed E-state index contributed by atoms with van der Waals surface area (Å²) in [5.41, 5.74) is 0. The topological polar surface area (TPSA) is 21.3 Å². The fourth-order valence-electron chi connectivity index (χ4n) is 1.43. The largest absolute Gasteiger partial charge is 0.384 e. The van der Waals surface area contributed by atoms with Crippen LogP contribution in [0.2, 0.25) is 0 Å². The minimum absolute atomic E-state index is 0.612. The zero-order valence-electron chi connectivity index (χ0n) is 10.5. The average molecular weight is 201 g/mol. The van der Waals surface area contributed by atoms with E-state index in [0.29, 0.717) is 12.0 Å². The van der Waals surface area contributed by atoms with Crippen molar-refractivity contribution < 1.29 is 4.74 Å². The highest BCUT2D eigenvalue weighted by Gasteiger charge is 2.05. The van der Waals surface area contributed by atoms with Crippen LogP contribution >= 0.6 is 0 Å². The van der Waals surface area contributed by atoms with E-state index in [1.54, 1.807) is 7.11 Å². The highest BCUT2D eigenvalue weighted by Crippen LogP contribution is 2.06. The molecule has 0 bridgehead atoms. The van der Waals surface area contributed by atoms with Crippen molar-refractivity contribution in [2.24, 2.45) is 11.8 Å². The molecule has 0 rings (SSSR count). The van der Waals surface area contributed by atoms with Crippen LogP contribution in [0.15, 0.2) is 0 Å². The maximum absolute atomic E-state index is 5.09. The second-order valence-electron chi connectivity index (χ2n) is 4.84. The minimum atomic E-state index is 0.612. The van der Waals surface area contributed by atoms with E-state index >= 15 is 0 Å². The lowest BCUT2D eigenvalue weighted by atomic mass is 10.0. The van der Waals surface area contributed by atoms with Crippen LogP contribution in [-0.2, 0) is 4.74 Å². The monoisotopic (exact) mass is 201 g/mol. The van der Waals surface area contributed by atoms with Gasteiger partial charge < -0.3 is 10.1 Å². The molecule has 14 heavy (non-hydrogen) atoms. The summed E-state index contributed by atoms with van der Waals surface area (Å²) in [4.78, 5) is 0. The Balaban J connectivity index is 3.38. The molecule has 0 aliphatic heterocycles. The van der Waals surface area contributed by atoms with Gasteiger partial charge in [0.1, 0.15) is 0 Å². The van der Waals surface area contributed by atoms with E-state index in [4.69, 9.17) is 4.74 Å². The number of hydrogen-bond acceptors (Lipinski definition) is 2. The average Bonchev–Trinajstić information content (AvgIpc) is 2.12. The molecule has 0 heterocycles. The second kappa shape index (κ2) is 8.25. The van der Waals surface area contributed by atoms with E-state index in [9.17, 15) is 0 Å². The summed E-state index contributed by atoms with van der Waals surface area (Å²) in [6.07, 6.45) is 2.59. The number of methoxy groups -OCH3 is 1. The highest BCUT2D eigenvalue weighted by atomic mass is 16.5. The second-order valence-corrected chi connectivity index (χ2v) is 4.84. The molecule has 0 saturated heterocycles. The van der Waals surface area contributed by atoms with Gasteiger partial charge in [0.15, 0.2) is 0 Å². The van der Waals surface area contributed by atoms with Crippen LogP contribution in [0.1, 0.15) is 40.5 Å². The smallest absolute Gasteiger partial charge is 0.0499 e. The highest BCUT2D eigenvalue weighted by molar-refractivity contribution is 4.64. The third kappa shape index (κ3) is 8.52. The van der Waals surface area contributed by atoms with Gasteiger partial charge in [-0.3, -0.25) is 0 Å². The van der Waals surface area contributed by atoms with Crippen LogP contribution in [0.4, 0.5) is 0 Å². The molecule has 86 valence electrons. The molecule has 0 radical (unpaired) electrons. The Morgan fingerprint density at radius 1 is 1.07 bits per heavy atom. The van der Waals surface area contributed by atoms with Gasteiger partial charge in [-0.25, -0.2) is 0 Å². The van der Waals surface area contributed by atoms with Crippen LogP contribution in [0.3, 0.4) is 0 Å². The molecule has 0 fully saturated rings. The number of hydrogen-bond donors (Lipinski definition) is 1. The van der Waals surface area contributed by atoms with Crippen LogP contribution in [0.25, 0.3) is 0 Å². The van der Waals surface area contributed by atoms with Gasteiger partial charge in [-0.1, -0.05) is 20.8 Å². The Hall–Kier alpha value is -0.0800. The zero-order valence-corrected chi connectivity index (χ0v) is 10.5. The van der Waals surface area contributed by atoms with E-state index < -0.39 is 0 Å². The lowest BCUT2D eigenvalue weighted by Gasteiger charge is -2.18. The number of ether oxygens (including phenoxy) is 1. The van der Waals surface area contributed by atoms with Crippen molar-refractivity contribution in [3.63, 3.8) is 0 Å². The van der Waals surface area contributed by atoms with Gasteiger partial charge in [-0.15, -0.1) is 0 Å². The van der Waals surface area contributed by atoms with Gasteiger partial charge in [0.05, 0.1) is 0 Å². The molecule has 2 atom stereocenters. The Morgan fingerprint density at radius 2 is 1.71 bits per heavy atom. The SMILES string of the molecule is COCC(C)CNC(C)CCC(C)C. The summed E-state index contributed by atoms with van der Waals surface area (Å²) in [7, 11) is 1.76. The summed E-state index contributed by atoms with van der Waals surface area (Å²) in [5, 5.41) is 3.54. The molecule has 2 unspecified atom stereocenters. The van der Waals surface area contributed by atoms with Gasteiger partial charge in [-0.05, 0) is 31.6 Å². The maximum Gasteiger partial charge on any atom is 0.0499 e. The predicted molar refractivity (Wildman–Crippen MR) is 62.6 cm³/mol. The third-order valence-corrected chi connectivity index (χ3v) is 2.44. The van der Waals surface area contributed by atoms with E-state index in [1.165, 1.54) is 12.8 Å². The molecule has 0 saturated carbocycles. The molecule has 0 aromatic rings. The first-order valence-electron chi connectivity index (χ1n) is 5.78. The van der Waals surface area contributed by atoms with Gasteiger partial charge in [0.2, 0.25) is 0 Å². The van der Waals surface area contributed by atoms with Crippen molar-refractivity contribution in [2.75, 3.05) is 20.3 Å². The molecule has 0 amide bonds. The van der Waals surface area contributed by atoms with Gasteiger partial charge in [0, 0.05) is 26.3 Å². The molecule has 0 aliphatic rings. The summed E-state index contributed by atoms with van der Waals surface area (Å²) in [6, 6.07) is 0.636.